The van der Waals surface area contributed by atoms with Crippen LogP contribution in [0.1, 0.15) is 23.9 Å². The Kier molecular flexibility index (Phi) is 6.73. The Morgan fingerprint density at radius 2 is 2.04 bits per heavy atom. The molecule has 0 bridgehead atoms. The predicted octanol–water partition coefficient (Wildman–Crippen LogP) is 3.75. The summed E-state index contributed by atoms with van der Waals surface area (Å²) >= 11 is 6.81. The molecule has 0 spiro atoms. The van der Waals surface area contributed by atoms with E-state index in [1.54, 1.807) is 30.3 Å². The number of aromatic nitrogens is 2. The van der Waals surface area contributed by atoms with Crippen LogP contribution in [0.15, 0.2) is 63.1 Å². The molecule has 0 saturated heterocycles. The van der Waals surface area contributed by atoms with E-state index in [4.69, 9.17) is 20.8 Å². The first-order valence-electron chi connectivity index (χ1n) is 8.44. The highest BCUT2D eigenvalue weighted by Crippen LogP contribution is 2.27. The minimum Gasteiger partial charge on any atom is -0.544 e. The largest absolute Gasteiger partial charge is 0.544 e. The zero-order valence-electron chi connectivity index (χ0n) is 14.9. The molecule has 2 aromatic carbocycles. The van der Waals surface area contributed by atoms with Gasteiger partial charge in [0.15, 0.2) is 0 Å². The summed E-state index contributed by atoms with van der Waals surface area (Å²) in [6.45, 7) is 2.25. The number of carboxylic acids is 1. The van der Waals surface area contributed by atoms with Crippen molar-refractivity contribution in [1.82, 2.24) is 10.2 Å². The monoisotopic (exact) mass is 415 g/mol. The molecule has 0 aliphatic rings. The van der Waals surface area contributed by atoms with E-state index in [0.717, 1.165) is 17.3 Å². The van der Waals surface area contributed by atoms with Crippen molar-refractivity contribution >= 4 is 35.4 Å². The molecule has 144 valence electrons. The van der Waals surface area contributed by atoms with E-state index in [1.165, 1.54) is 6.08 Å². The van der Waals surface area contributed by atoms with Crippen molar-refractivity contribution in [1.29, 1.82) is 0 Å². The van der Waals surface area contributed by atoms with Gasteiger partial charge in [0.05, 0.1) is 5.97 Å². The molecule has 0 fully saturated rings. The highest BCUT2D eigenvalue weighted by atomic mass is 35.5. The standard InChI is InChI=1S/C20H17ClN2O4S/c1-2-18-22-23-20(27-18)28-17(19(24)25)11-13-6-8-16(9-7-13)26-12-14-4-3-5-15(21)10-14/h3-11H,2,12H2,1H3,(H,24,25)/p-1/b17-11-. The smallest absolute Gasteiger partial charge is 0.281 e. The molecule has 1 heterocycles. The van der Waals surface area contributed by atoms with Crippen molar-refractivity contribution < 1.29 is 19.1 Å². The molecule has 3 rings (SSSR count). The van der Waals surface area contributed by atoms with Gasteiger partial charge in [0.25, 0.3) is 5.22 Å². The Balaban J connectivity index is 1.67. The Labute approximate surface area is 171 Å². The molecule has 3 aromatic rings. The molecule has 1 aromatic heterocycles. The van der Waals surface area contributed by atoms with E-state index in [-0.39, 0.29) is 10.1 Å². The minimum atomic E-state index is -1.32. The lowest BCUT2D eigenvalue weighted by Gasteiger charge is -2.08. The van der Waals surface area contributed by atoms with Gasteiger partial charge in [-0.25, -0.2) is 0 Å². The Morgan fingerprint density at radius 1 is 1.25 bits per heavy atom. The van der Waals surface area contributed by atoms with Crippen molar-refractivity contribution in [2.24, 2.45) is 0 Å². The second-order valence-corrected chi connectivity index (χ2v) is 7.13. The molecule has 0 aliphatic heterocycles. The lowest BCUT2D eigenvalue weighted by Crippen LogP contribution is -2.23. The number of carbonyl (C=O) groups excluding carboxylic acids is 1. The summed E-state index contributed by atoms with van der Waals surface area (Å²) in [5.74, 6) is -0.215. The first kappa shape index (κ1) is 20.0. The first-order chi connectivity index (χ1) is 13.5. The van der Waals surface area contributed by atoms with E-state index in [1.807, 2.05) is 25.1 Å². The zero-order chi connectivity index (χ0) is 19.9. The molecule has 6 nitrogen and oxygen atoms in total. The highest BCUT2D eigenvalue weighted by Gasteiger charge is 2.10. The number of carboxylic acid groups (broad SMARTS) is 1. The van der Waals surface area contributed by atoms with Crippen LogP contribution < -0.4 is 9.84 Å². The van der Waals surface area contributed by atoms with Crippen LogP contribution >= 0.6 is 23.4 Å². The fraction of sp³-hybridized carbons (Fsp3) is 0.150. The second-order valence-electron chi connectivity index (χ2n) is 5.70. The quantitative estimate of drug-likeness (QED) is 0.409. The van der Waals surface area contributed by atoms with E-state index in [9.17, 15) is 9.90 Å². The number of aryl methyl sites for hydroxylation is 1. The van der Waals surface area contributed by atoms with Crippen LogP contribution in [-0.4, -0.2) is 16.2 Å². The minimum absolute atomic E-state index is 0.0288. The number of hydrogen-bond donors (Lipinski definition) is 0. The molecule has 28 heavy (non-hydrogen) atoms. The summed E-state index contributed by atoms with van der Waals surface area (Å²) in [5, 5.41) is 19.9. The van der Waals surface area contributed by atoms with Crippen molar-refractivity contribution in [3.8, 4) is 5.75 Å². The first-order valence-corrected chi connectivity index (χ1v) is 9.63. The Hall–Kier alpha value is -2.77. The van der Waals surface area contributed by atoms with Crippen LogP contribution in [0.25, 0.3) is 6.08 Å². The van der Waals surface area contributed by atoms with Gasteiger partial charge in [0, 0.05) is 16.3 Å². The van der Waals surface area contributed by atoms with E-state index < -0.39 is 5.97 Å². The van der Waals surface area contributed by atoms with E-state index >= 15 is 0 Å². The van der Waals surface area contributed by atoms with Crippen LogP contribution in [0, 0.1) is 0 Å². The maximum absolute atomic E-state index is 11.4. The number of carbonyl (C=O) groups is 1. The summed E-state index contributed by atoms with van der Waals surface area (Å²) in [4.78, 5) is 11.4. The third-order valence-electron chi connectivity index (χ3n) is 3.62. The predicted molar refractivity (Wildman–Crippen MR) is 105 cm³/mol. The molecule has 0 saturated carbocycles. The van der Waals surface area contributed by atoms with Crippen molar-refractivity contribution in [3.05, 3.63) is 75.5 Å². The lowest BCUT2D eigenvalue weighted by molar-refractivity contribution is -0.298. The topological polar surface area (TPSA) is 88.3 Å². The number of aliphatic carboxylic acids is 1. The summed E-state index contributed by atoms with van der Waals surface area (Å²) in [6, 6.07) is 14.4. The van der Waals surface area contributed by atoms with Crippen molar-refractivity contribution in [2.45, 2.75) is 25.2 Å². The summed E-state index contributed by atoms with van der Waals surface area (Å²) in [6.07, 6.45) is 2.06. The SMILES string of the molecule is CCc1nnc(S/C(=C\c2ccc(OCc3cccc(Cl)c3)cc2)C(=O)[O-])o1. The van der Waals surface area contributed by atoms with Gasteiger partial charge in [-0.15, -0.1) is 10.2 Å². The van der Waals surface area contributed by atoms with Crippen molar-refractivity contribution in [2.75, 3.05) is 0 Å². The molecular weight excluding hydrogens is 400 g/mol. The van der Waals surface area contributed by atoms with Gasteiger partial charge in [-0.05, 0) is 53.2 Å². The molecule has 0 unspecified atom stereocenters. The Bertz CT molecular complexity index is 986. The van der Waals surface area contributed by atoms with E-state index in [2.05, 4.69) is 10.2 Å². The highest BCUT2D eigenvalue weighted by molar-refractivity contribution is 8.03. The van der Waals surface area contributed by atoms with Crippen LogP contribution in [0.3, 0.4) is 0 Å². The number of thioether (sulfide) groups is 1. The lowest BCUT2D eigenvalue weighted by atomic mass is 10.2. The number of hydrogen-bond acceptors (Lipinski definition) is 7. The number of nitrogens with zero attached hydrogens (tertiary/aromatic N) is 2. The van der Waals surface area contributed by atoms with Gasteiger partial charge in [-0.3, -0.25) is 0 Å². The van der Waals surface area contributed by atoms with Crippen LogP contribution in [0.2, 0.25) is 5.02 Å². The summed E-state index contributed by atoms with van der Waals surface area (Å²) < 4.78 is 11.1. The average molecular weight is 416 g/mol. The number of ether oxygens (including phenoxy) is 1. The third-order valence-corrected chi connectivity index (χ3v) is 4.70. The molecule has 8 heteroatoms. The molecule has 0 radical (unpaired) electrons. The average Bonchev–Trinajstić information content (AvgIpc) is 3.14. The van der Waals surface area contributed by atoms with Gasteiger partial charge in [0.1, 0.15) is 12.4 Å². The number of benzene rings is 2. The molecule has 0 N–H and O–H groups in total. The normalized spacial score (nSPS) is 11.4. The maximum atomic E-state index is 11.4. The van der Waals surface area contributed by atoms with Crippen LogP contribution in [0.5, 0.6) is 5.75 Å². The van der Waals surface area contributed by atoms with Gasteiger partial charge in [-0.1, -0.05) is 42.8 Å². The second kappa shape index (κ2) is 9.43. The molecule has 0 amide bonds. The number of halogens is 1. The number of rotatable bonds is 8. The van der Waals surface area contributed by atoms with E-state index in [0.29, 0.717) is 35.3 Å². The van der Waals surface area contributed by atoms with Gasteiger partial charge in [0.2, 0.25) is 5.89 Å². The fourth-order valence-corrected chi connectivity index (χ4v) is 3.15. The maximum Gasteiger partial charge on any atom is 0.281 e. The molecule has 0 aliphatic carbocycles. The van der Waals surface area contributed by atoms with Crippen molar-refractivity contribution in [3.63, 3.8) is 0 Å². The third kappa shape index (κ3) is 5.61. The molecular formula is C20H16ClN2O4S-. The Morgan fingerprint density at radius 3 is 2.68 bits per heavy atom. The summed E-state index contributed by atoms with van der Waals surface area (Å²) in [5.41, 5.74) is 1.63. The van der Waals surface area contributed by atoms with Gasteiger partial charge in [-0.2, -0.15) is 0 Å². The van der Waals surface area contributed by atoms with Crippen LogP contribution in [0.4, 0.5) is 0 Å². The van der Waals surface area contributed by atoms with Crippen LogP contribution in [-0.2, 0) is 17.8 Å². The zero-order valence-corrected chi connectivity index (χ0v) is 16.5. The van der Waals surface area contributed by atoms with Gasteiger partial charge < -0.3 is 19.1 Å². The van der Waals surface area contributed by atoms with Gasteiger partial charge >= 0.3 is 0 Å². The molecule has 0 atom stereocenters. The summed E-state index contributed by atoms with van der Waals surface area (Å²) in [7, 11) is 0. The fourth-order valence-electron chi connectivity index (χ4n) is 2.25.